The van der Waals surface area contributed by atoms with Gasteiger partial charge in [-0.1, -0.05) is 0 Å². The van der Waals surface area contributed by atoms with Crippen LogP contribution in [0.2, 0.25) is 0 Å². The third-order valence-corrected chi connectivity index (χ3v) is 4.31. The lowest BCUT2D eigenvalue weighted by Crippen LogP contribution is -2.51. The van der Waals surface area contributed by atoms with Gasteiger partial charge in [-0.3, -0.25) is 14.4 Å². The van der Waals surface area contributed by atoms with Gasteiger partial charge in [-0.25, -0.2) is 4.48 Å². The molecule has 22 heavy (non-hydrogen) atoms. The highest BCUT2D eigenvalue weighted by atomic mass is 16.6. The molecule has 3 rings (SSSR count). The van der Waals surface area contributed by atoms with Gasteiger partial charge < -0.3 is 19.5 Å². The predicted octanol–water partition coefficient (Wildman–Crippen LogP) is -0.604. The van der Waals surface area contributed by atoms with Crippen molar-refractivity contribution < 1.29 is 33.1 Å². The van der Waals surface area contributed by atoms with Crippen LogP contribution in [0.5, 0.6) is 0 Å². The average Bonchev–Trinajstić information content (AvgIpc) is 2.83. The first-order valence-electron chi connectivity index (χ1n) is 7.16. The van der Waals surface area contributed by atoms with Gasteiger partial charge in [-0.15, -0.1) is 0 Å². The molecule has 1 amide bonds. The molecule has 3 aliphatic heterocycles. The number of fused-ring (bicyclic) bond motifs is 3. The quantitative estimate of drug-likeness (QED) is 0.425. The van der Waals surface area contributed by atoms with Gasteiger partial charge in [0.05, 0.1) is 5.57 Å². The van der Waals surface area contributed by atoms with Crippen molar-refractivity contribution in [1.29, 1.82) is 0 Å². The summed E-state index contributed by atoms with van der Waals surface area (Å²) in [5.74, 6) is -0.918. The van der Waals surface area contributed by atoms with E-state index in [9.17, 15) is 14.4 Å². The molecule has 0 aromatic carbocycles. The lowest BCUT2D eigenvalue weighted by molar-refractivity contribution is -0.802. The van der Waals surface area contributed by atoms with Gasteiger partial charge in [-0.2, -0.15) is 0 Å². The zero-order valence-corrected chi connectivity index (χ0v) is 12.7. The molecule has 5 unspecified atom stereocenters. The van der Waals surface area contributed by atoms with Crippen LogP contribution < -0.4 is 5.32 Å². The first-order valence-corrected chi connectivity index (χ1v) is 7.16. The van der Waals surface area contributed by atoms with E-state index in [1.54, 1.807) is 6.92 Å². The Morgan fingerprint density at radius 2 is 2.14 bits per heavy atom. The third kappa shape index (κ3) is 2.28. The molecule has 0 bridgehead atoms. The second-order valence-electron chi connectivity index (χ2n) is 5.90. The number of quaternary nitrogens is 1. The maximum Gasteiger partial charge on any atom is 0.303 e. The van der Waals surface area contributed by atoms with Crippen molar-refractivity contribution in [3.8, 4) is 0 Å². The molecule has 1 N–H and O–H groups in total. The van der Waals surface area contributed by atoms with Crippen LogP contribution in [0, 0.1) is 0 Å². The van der Waals surface area contributed by atoms with E-state index < -0.39 is 24.1 Å². The van der Waals surface area contributed by atoms with Gasteiger partial charge in [0.25, 0.3) is 12.1 Å². The standard InChI is InChI=1S/C14H18N2O6/c1-7-4-16(6-15-13(7)19)11-12(21-9(3)18)10(22-14(11)16)5-20-8(2)17/h4,10-12,14H,5-6H2,1-3H3/p+1. The molecule has 8 nitrogen and oxygen atoms in total. The summed E-state index contributed by atoms with van der Waals surface area (Å²) < 4.78 is 16.7. The zero-order valence-electron chi connectivity index (χ0n) is 12.7. The molecule has 2 fully saturated rings. The van der Waals surface area contributed by atoms with Crippen LogP contribution in [0.1, 0.15) is 20.8 Å². The minimum atomic E-state index is -0.499. The van der Waals surface area contributed by atoms with Crippen LogP contribution in [0.4, 0.5) is 0 Å². The molecular weight excluding hydrogens is 292 g/mol. The number of amides is 1. The maximum atomic E-state index is 11.6. The molecule has 1 spiro atoms. The molecule has 5 atom stereocenters. The van der Waals surface area contributed by atoms with Crippen LogP contribution in [-0.4, -0.2) is 60.1 Å². The first-order chi connectivity index (χ1) is 10.3. The van der Waals surface area contributed by atoms with Crippen molar-refractivity contribution in [2.45, 2.75) is 45.2 Å². The second-order valence-corrected chi connectivity index (χ2v) is 5.90. The Kier molecular flexibility index (Phi) is 3.45. The second kappa shape index (κ2) is 5.06. The summed E-state index contributed by atoms with van der Waals surface area (Å²) >= 11 is 0. The van der Waals surface area contributed by atoms with Crippen molar-refractivity contribution in [1.82, 2.24) is 5.32 Å². The fourth-order valence-corrected chi connectivity index (χ4v) is 3.34. The van der Waals surface area contributed by atoms with E-state index in [2.05, 4.69) is 5.32 Å². The van der Waals surface area contributed by atoms with Gasteiger partial charge >= 0.3 is 11.9 Å². The van der Waals surface area contributed by atoms with Crippen molar-refractivity contribution in [2.24, 2.45) is 0 Å². The van der Waals surface area contributed by atoms with E-state index in [1.165, 1.54) is 13.8 Å². The molecule has 0 radical (unpaired) electrons. The monoisotopic (exact) mass is 311 g/mol. The van der Waals surface area contributed by atoms with Crippen LogP contribution in [-0.2, 0) is 28.6 Å². The highest BCUT2D eigenvalue weighted by Crippen LogP contribution is 2.52. The lowest BCUT2D eigenvalue weighted by atomic mass is 10.1. The molecule has 8 heteroatoms. The van der Waals surface area contributed by atoms with Gasteiger partial charge in [0.15, 0.2) is 12.8 Å². The summed E-state index contributed by atoms with van der Waals surface area (Å²) in [6, 6.07) is -0.0833. The lowest BCUT2D eigenvalue weighted by Gasteiger charge is -2.29. The van der Waals surface area contributed by atoms with E-state index in [1.807, 2.05) is 6.20 Å². The molecule has 3 heterocycles. The fraction of sp³-hybridized carbons (Fsp3) is 0.643. The van der Waals surface area contributed by atoms with Crippen molar-refractivity contribution in [3.05, 3.63) is 11.8 Å². The van der Waals surface area contributed by atoms with E-state index in [0.717, 1.165) is 0 Å². The Morgan fingerprint density at radius 3 is 2.73 bits per heavy atom. The number of hydrogen-bond donors (Lipinski definition) is 1. The van der Waals surface area contributed by atoms with Crippen molar-refractivity contribution in [2.75, 3.05) is 13.3 Å². The van der Waals surface area contributed by atoms with Crippen LogP contribution in [0.25, 0.3) is 0 Å². The minimum Gasteiger partial charge on any atom is -0.463 e. The Balaban J connectivity index is 1.77. The number of rotatable bonds is 3. The normalized spacial score (nSPS) is 38.9. The topological polar surface area (TPSA) is 90.9 Å². The molecule has 120 valence electrons. The van der Waals surface area contributed by atoms with E-state index in [-0.39, 0.29) is 24.8 Å². The van der Waals surface area contributed by atoms with Crippen LogP contribution >= 0.6 is 0 Å². The largest absolute Gasteiger partial charge is 0.463 e. The predicted molar refractivity (Wildman–Crippen MR) is 71.7 cm³/mol. The number of ether oxygens (including phenoxy) is 3. The van der Waals surface area contributed by atoms with Crippen molar-refractivity contribution in [3.63, 3.8) is 0 Å². The average molecular weight is 311 g/mol. The van der Waals surface area contributed by atoms with E-state index in [0.29, 0.717) is 16.7 Å². The highest BCUT2D eigenvalue weighted by Gasteiger charge is 2.79. The number of esters is 2. The number of carbonyl (C=O) groups is 3. The smallest absolute Gasteiger partial charge is 0.303 e. The number of nitrogens with one attached hydrogen (secondary N) is 1. The van der Waals surface area contributed by atoms with Gasteiger partial charge in [0, 0.05) is 13.8 Å². The fourth-order valence-electron chi connectivity index (χ4n) is 3.34. The molecular formula is C14H19N2O6+. The maximum absolute atomic E-state index is 11.6. The SMILES string of the molecule is CC(=O)OCC1OC2C(C1OC(C)=O)[N+]21C=C(C)C(=O)NC1. The minimum absolute atomic E-state index is 0.0509. The van der Waals surface area contributed by atoms with E-state index in [4.69, 9.17) is 14.2 Å². The summed E-state index contributed by atoms with van der Waals surface area (Å²) in [5.41, 5.74) is 0.613. The molecule has 2 saturated heterocycles. The Hall–Kier alpha value is -1.93. The number of carbonyl (C=O) groups excluding carboxylic acids is 3. The van der Waals surface area contributed by atoms with Gasteiger partial charge in [-0.05, 0) is 6.92 Å². The molecule has 0 aliphatic carbocycles. The van der Waals surface area contributed by atoms with Crippen LogP contribution in [0.3, 0.4) is 0 Å². The summed E-state index contributed by atoms with van der Waals surface area (Å²) in [4.78, 5) is 33.9. The number of nitrogens with zero attached hydrogens (tertiary/aromatic N) is 1. The summed E-state index contributed by atoms with van der Waals surface area (Å²) in [7, 11) is 0. The summed E-state index contributed by atoms with van der Waals surface area (Å²) in [5, 5.41) is 2.81. The number of hydrogen-bond acceptors (Lipinski definition) is 6. The third-order valence-electron chi connectivity index (χ3n) is 4.31. The highest BCUT2D eigenvalue weighted by molar-refractivity contribution is 5.92. The summed E-state index contributed by atoms with van der Waals surface area (Å²) in [6.45, 7) is 4.84. The van der Waals surface area contributed by atoms with Crippen molar-refractivity contribution >= 4 is 17.8 Å². The summed E-state index contributed by atoms with van der Waals surface area (Å²) in [6.07, 6.45) is 0.687. The molecule has 3 aliphatic rings. The Labute approximate surface area is 127 Å². The molecule has 0 aromatic rings. The molecule has 0 saturated carbocycles. The Bertz CT molecular complexity index is 574. The zero-order chi connectivity index (χ0) is 16.1. The van der Waals surface area contributed by atoms with E-state index >= 15 is 0 Å². The van der Waals surface area contributed by atoms with Crippen LogP contribution in [0.15, 0.2) is 11.8 Å². The molecule has 0 aromatic heterocycles. The Morgan fingerprint density at radius 1 is 1.41 bits per heavy atom. The van der Waals surface area contributed by atoms with Gasteiger partial charge in [0.1, 0.15) is 18.9 Å². The van der Waals surface area contributed by atoms with Gasteiger partial charge in [0.2, 0.25) is 6.04 Å². The first kappa shape index (κ1) is 15.0.